The molecule has 4 rings (SSSR count). The fourth-order valence-electron chi connectivity index (χ4n) is 5.33. The molecule has 1 N–H and O–H groups in total. The summed E-state index contributed by atoms with van der Waals surface area (Å²) in [5, 5.41) is 9.08. The Balaban J connectivity index is 1.33. The van der Waals surface area contributed by atoms with Crippen molar-refractivity contribution in [1.29, 1.82) is 0 Å². The zero-order chi connectivity index (χ0) is 25.3. The second kappa shape index (κ2) is 10.2. The molecule has 0 saturated carbocycles. The molecule has 1 amide bonds. The van der Waals surface area contributed by atoms with Crippen molar-refractivity contribution in [2.45, 2.75) is 32.7 Å². The van der Waals surface area contributed by atoms with Gasteiger partial charge in [0.15, 0.2) is 6.10 Å². The highest BCUT2D eigenvalue weighted by atomic mass is 19.4. The van der Waals surface area contributed by atoms with Crippen LogP contribution >= 0.6 is 0 Å². The van der Waals surface area contributed by atoms with Crippen molar-refractivity contribution in [3.63, 3.8) is 0 Å². The van der Waals surface area contributed by atoms with Gasteiger partial charge in [-0.2, -0.15) is 13.2 Å². The molecule has 1 aromatic carbocycles. The molecule has 3 unspecified atom stereocenters. The number of carboxylic acids is 1. The van der Waals surface area contributed by atoms with Gasteiger partial charge in [-0.15, -0.1) is 0 Å². The summed E-state index contributed by atoms with van der Waals surface area (Å²) in [6.07, 6.45) is -7.62. The van der Waals surface area contributed by atoms with Gasteiger partial charge in [0.1, 0.15) is 0 Å². The summed E-state index contributed by atoms with van der Waals surface area (Å²) >= 11 is 0. The Morgan fingerprint density at radius 1 is 1.06 bits per heavy atom. The molecular weight excluding hydrogens is 465 g/mol. The summed E-state index contributed by atoms with van der Waals surface area (Å²) in [4.78, 5) is 31.1. The molecule has 0 bridgehead atoms. The number of ether oxygens (including phenoxy) is 1. The van der Waals surface area contributed by atoms with Crippen LogP contribution in [0.1, 0.15) is 18.1 Å². The Bertz CT molecular complexity index is 922. The van der Waals surface area contributed by atoms with Crippen molar-refractivity contribution in [2.24, 2.45) is 11.8 Å². The number of nitrogens with zero attached hydrogens (tertiary/aromatic N) is 4. The van der Waals surface area contributed by atoms with Crippen LogP contribution in [-0.2, 0) is 16.1 Å². The lowest BCUT2D eigenvalue weighted by Crippen LogP contribution is -2.49. The Morgan fingerprint density at radius 3 is 2.26 bits per heavy atom. The number of fused-ring (bicyclic) bond motifs is 1. The first-order valence-corrected chi connectivity index (χ1v) is 12.0. The van der Waals surface area contributed by atoms with Crippen LogP contribution in [0.15, 0.2) is 18.2 Å². The molecule has 11 heteroatoms. The number of amides is 1. The number of aryl methyl sites for hydroxylation is 1. The zero-order valence-electron chi connectivity index (χ0n) is 20.1. The van der Waals surface area contributed by atoms with E-state index in [0.717, 1.165) is 33.1 Å². The summed E-state index contributed by atoms with van der Waals surface area (Å²) in [5.74, 6) is 0.124. The highest BCUT2D eigenvalue weighted by molar-refractivity contribution is 5.69. The lowest BCUT2D eigenvalue weighted by atomic mass is 10.0. The number of benzene rings is 1. The van der Waals surface area contributed by atoms with Crippen molar-refractivity contribution in [1.82, 2.24) is 14.7 Å². The lowest BCUT2D eigenvalue weighted by molar-refractivity contribution is -0.200. The van der Waals surface area contributed by atoms with Gasteiger partial charge in [-0.05, 0) is 42.9 Å². The minimum atomic E-state index is -4.57. The SMILES string of the molecule is Cc1ccc(CN2CCN(C(=O)OC(C)C(F)(F)F)CC2)c(N2CC3CN(CC(=O)O)CC3C2)c1. The number of carbonyl (C=O) groups is 2. The largest absolute Gasteiger partial charge is 0.480 e. The van der Waals surface area contributed by atoms with Crippen molar-refractivity contribution >= 4 is 17.7 Å². The van der Waals surface area contributed by atoms with E-state index in [4.69, 9.17) is 5.11 Å². The van der Waals surface area contributed by atoms with Crippen LogP contribution in [0, 0.1) is 18.8 Å². The fraction of sp³-hybridized carbons (Fsp3) is 0.667. The quantitative estimate of drug-likeness (QED) is 0.646. The number of carbonyl (C=O) groups excluding carboxylic acids is 1. The molecule has 3 aliphatic rings. The van der Waals surface area contributed by atoms with E-state index in [9.17, 15) is 22.8 Å². The average molecular weight is 499 g/mol. The molecule has 0 aromatic heterocycles. The number of likely N-dealkylation sites (tertiary alicyclic amines) is 1. The van der Waals surface area contributed by atoms with E-state index >= 15 is 0 Å². The van der Waals surface area contributed by atoms with E-state index in [0.29, 0.717) is 44.6 Å². The topological polar surface area (TPSA) is 76.6 Å². The summed E-state index contributed by atoms with van der Waals surface area (Å²) in [7, 11) is 0. The van der Waals surface area contributed by atoms with E-state index in [-0.39, 0.29) is 6.54 Å². The first kappa shape index (κ1) is 25.6. The number of carboxylic acid groups (broad SMARTS) is 1. The number of hydrogen-bond donors (Lipinski definition) is 1. The first-order chi connectivity index (χ1) is 16.5. The standard InChI is InChI=1S/C24H33F3N4O4/c1-16-3-4-18(10-28-5-7-30(8-6-28)23(34)35-17(2)24(25,26)27)21(9-16)31-13-19-11-29(15-22(32)33)12-20(19)14-31/h3-4,9,17,19-20H,5-8,10-15H2,1-2H3,(H,32,33). The van der Waals surface area contributed by atoms with Crippen LogP contribution in [0.4, 0.5) is 23.7 Å². The second-order valence-corrected chi connectivity index (χ2v) is 9.98. The number of piperazine rings is 1. The van der Waals surface area contributed by atoms with Gasteiger partial charge in [0.25, 0.3) is 0 Å². The summed E-state index contributed by atoms with van der Waals surface area (Å²) in [6.45, 7) is 8.83. The van der Waals surface area contributed by atoms with Gasteiger partial charge in [-0.25, -0.2) is 4.79 Å². The van der Waals surface area contributed by atoms with Gasteiger partial charge in [-0.3, -0.25) is 14.6 Å². The van der Waals surface area contributed by atoms with Crippen molar-refractivity contribution in [2.75, 3.05) is 63.8 Å². The number of rotatable bonds is 6. The molecule has 194 valence electrons. The molecular formula is C24H33F3N4O4. The number of alkyl halides is 3. The maximum Gasteiger partial charge on any atom is 0.425 e. The van der Waals surface area contributed by atoms with Crippen LogP contribution in [0.2, 0.25) is 0 Å². The molecule has 0 aliphatic carbocycles. The first-order valence-electron chi connectivity index (χ1n) is 12.0. The molecule has 1 aromatic rings. The van der Waals surface area contributed by atoms with Gasteiger partial charge in [-0.1, -0.05) is 12.1 Å². The van der Waals surface area contributed by atoms with E-state index in [2.05, 4.69) is 39.7 Å². The summed E-state index contributed by atoms with van der Waals surface area (Å²) < 4.78 is 42.6. The zero-order valence-corrected chi connectivity index (χ0v) is 20.1. The van der Waals surface area contributed by atoms with Gasteiger partial charge < -0.3 is 19.6 Å². The third-order valence-corrected chi connectivity index (χ3v) is 7.27. The summed E-state index contributed by atoms with van der Waals surface area (Å²) in [6, 6.07) is 6.40. The van der Waals surface area contributed by atoms with Gasteiger partial charge >= 0.3 is 18.2 Å². The third-order valence-electron chi connectivity index (χ3n) is 7.27. The van der Waals surface area contributed by atoms with E-state index in [1.807, 2.05) is 4.90 Å². The molecule has 8 nitrogen and oxygen atoms in total. The maximum absolute atomic E-state index is 12.7. The number of aliphatic carboxylic acids is 1. The number of anilines is 1. The minimum Gasteiger partial charge on any atom is -0.480 e. The Hall–Kier alpha value is -2.53. The molecule has 35 heavy (non-hydrogen) atoms. The normalized spacial score (nSPS) is 24.5. The number of hydrogen-bond acceptors (Lipinski definition) is 6. The van der Waals surface area contributed by atoms with Crippen molar-refractivity contribution in [3.05, 3.63) is 29.3 Å². The monoisotopic (exact) mass is 498 g/mol. The predicted molar refractivity (Wildman–Crippen MR) is 123 cm³/mol. The average Bonchev–Trinajstić information content (AvgIpc) is 3.32. The highest BCUT2D eigenvalue weighted by Crippen LogP contribution is 2.36. The maximum atomic E-state index is 12.7. The van der Waals surface area contributed by atoms with Crippen molar-refractivity contribution < 1.29 is 32.6 Å². The van der Waals surface area contributed by atoms with Crippen LogP contribution < -0.4 is 4.90 Å². The fourth-order valence-corrected chi connectivity index (χ4v) is 5.33. The van der Waals surface area contributed by atoms with E-state index in [1.165, 1.54) is 21.7 Å². The minimum absolute atomic E-state index is 0.0946. The third kappa shape index (κ3) is 6.19. The molecule has 3 fully saturated rings. The van der Waals surface area contributed by atoms with Crippen LogP contribution in [0.25, 0.3) is 0 Å². The second-order valence-electron chi connectivity index (χ2n) is 9.98. The van der Waals surface area contributed by atoms with Gasteiger partial charge in [0.05, 0.1) is 6.54 Å². The van der Waals surface area contributed by atoms with Crippen molar-refractivity contribution in [3.8, 4) is 0 Å². The van der Waals surface area contributed by atoms with Crippen LogP contribution in [0.3, 0.4) is 0 Å². The van der Waals surface area contributed by atoms with E-state index < -0.39 is 24.3 Å². The summed E-state index contributed by atoms with van der Waals surface area (Å²) in [5.41, 5.74) is 3.53. The van der Waals surface area contributed by atoms with Crippen LogP contribution in [0.5, 0.6) is 0 Å². The highest BCUT2D eigenvalue weighted by Gasteiger charge is 2.42. The molecule has 3 heterocycles. The Kier molecular flexibility index (Phi) is 7.46. The molecule has 3 atom stereocenters. The lowest BCUT2D eigenvalue weighted by Gasteiger charge is -2.35. The number of halogens is 3. The molecule has 3 aliphatic heterocycles. The Morgan fingerprint density at radius 2 is 1.69 bits per heavy atom. The Labute approximate surface area is 203 Å². The molecule has 0 spiro atoms. The van der Waals surface area contributed by atoms with E-state index in [1.54, 1.807) is 0 Å². The molecule has 0 radical (unpaired) electrons. The smallest absolute Gasteiger partial charge is 0.425 e. The molecule has 3 saturated heterocycles. The predicted octanol–water partition coefficient (Wildman–Crippen LogP) is 2.65. The van der Waals surface area contributed by atoms with Gasteiger partial charge in [0.2, 0.25) is 0 Å². The van der Waals surface area contributed by atoms with Gasteiger partial charge in [0, 0.05) is 64.6 Å². The van der Waals surface area contributed by atoms with Crippen LogP contribution in [-0.4, -0.2) is 103 Å².